The summed E-state index contributed by atoms with van der Waals surface area (Å²) in [7, 11) is 0. The summed E-state index contributed by atoms with van der Waals surface area (Å²) in [5.41, 5.74) is -0.708. The summed E-state index contributed by atoms with van der Waals surface area (Å²) in [4.78, 5) is 10.4. The summed E-state index contributed by atoms with van der Waals surface area (Å²) < 4.78 is 4.79. The second kappa shape index (κ2) is 3.25. The smallest absolute Gasteiger partial charge is 0.303 e. The van der Waals surface area contributed by atoms with Crippen molar-refractivity contribution >= 4 is 5.97 Å². The number of carbonyl (C=O) groups is 1. The fourth-order valence-electron chi connectivity index (χ4n) is 0.584. The molecule has 0 aliphatic carbocycles. The van der Waals surface area contributed by atoms with E-state index in [4.69, 9.17) is 9.84 Å². The molecule has 0 saturated heterocycles. The van der Waals surface area contributed by atoms with Crippen LogP contribution < -0.4 is 0 Å². The minimum absolute atomic E-state index is 0.358. The van der Waals surface area contributed by atoms with Gasteiger partial charge in [0.25, 0.3) is 0 Å². The predicted octanol–water partition coefficient (Wildman–Crippen LogP) is 1.40. The van der Waals surface area contributed by atoms with Crippen LogP contribution in [0, 0.1) is 0 Å². The number of carbonyl (C=O) groups excluding carboxylic acids is 1. The number of aliphatic hydroxyl groups excluding tert-OH is 1. The number of hydrogen-bond acceptors (Lipinski definition) is 3. The minimum atomic E-state index is -0.708. The molecular weight excluding hydrogens is 132 g/mol. The van der Waals surface area contributed by atoms with Crippen molar-refractivity contribution in [3.63, 3.8) is 0 Å². The van der Waals surface area contributed by atoms with Gasteiger partial charge in [0.2, 0.25) is 0 Å². The molecule has 0 fully saturated rings. The van der Waals surface area contributed by atoms with E-state index in [9.17, 15) is 4.79 Å². The van der Waals surface area contributed by atoms with Gasteiger partial charge in [0, 0.05) is 6.92 Å². The highest BCUT2D eigenvalue weighted by Crippen LogP contribution is 2.10. The molecule has 0 aromatic heterocycles. The van der Waals surface area contributed by atoms with Gasteiger partial charge >= 0.3 is 5.97 Å². The van der Waals surface area contributed by atoms with E-state index in [1.165, 1.54) is 13.0 Å². The molecular formula is C7H12O3. The lowest BCUT2D eigenvalue weighted by Crippen LogP contribution is -2.23. The maximum absolute atomic E-state index is 10.4. The molecule has 0 atom stereocenters. The molecule has 0 radical (unpaired) electrons. The van der Waals surface area contributed by atoms with Crippen LogP contribution in [-0.4, -0.2) is 16.7 Å². The van der Waals surface area contributed by atoms with E-state index < -0.39 is 5.60 Å². The van der Waals surface area contributed by atoms with Crippen molar-refractivity contribution in [1.29, 1.82) is 0 Å². The van der Waals surface area contributed by atoms with Crippen LogP contribution in [0.5, 0.6) is 0 Å². The fraction of sp³-hybridized carbons (Fsp3) is 0.571. The highest BCUT2D eigenvalue weighted by Gasteiger charge is 2.16. The van der Waals surface area contributed by atoms with Crippen LogP contribution in [0.15, 0.2) is 12.3 Å². The number of aliphatic hydroxyl groups is 1. The monoisotopic (exact) mass is 144 g/mol. The predicted molar refractivity (Wildman–Crippen MR) is 37.6 cm³/mol. The number of rotatable bonds is 2. The second-order valence-corrected chi connectivity index (χ2v) is 2.51. The van der Waals surface area contributed by atoms with Crippen molar-refractivity contribution in [2.24, 2.45) is 0 Å². The van der Waals surface area contributed by atoms with E-state index in [-0.39, 0.29) is 5.97 Å². The van der Waals surface area contributed by atoms with Crippen molar-refractivity contribution in [3.05, 3.63) is 12.3 Å². The van der Waals surface area contributed by atoms with Gasteiger partial charge in [0.1, 0.15) is 5.60 Å². The fourth-order valence-corrected chi connectivity index (χ4v) is 0.584. The van der Waals surface area contributed by atoms with E-state index >= 15 is 0 Å². The SMILES string of the molecule is CC(=O)OC(C)(C)C=CO. The molecule has 0 amide bonds. The van der Waals surface area contributed by atoms with E-state index in [2.05, 4.69) is 0 Å². The third-order valence-electron chi connectivity index (χ3n) is 0.883. The molecule has 58 valence electrons. The molecule has 3 heteroatoms. The van der Waals surface area contributed by atoms with Crippen LogP contribution in [0.2, 0.25) is 0 Å². The maximum atomic E-state index is 10.4. The number of hydrogen-bond donors (Lipinski definition) is 1. The lowest BCUT2D eigenvalue weighted by molar-refractivity contribution is -0.149. The molecule has 0 aliphatic rings. The van der Waals surface area contributed by atoms with Gasteiger partial charge in [0.05, 0.1) is 6.26 Å². The molecule has 0 saturated carbocycles. The molecule has 0 rings (SSSR count). The first-order valence-corrected chi connectivity index (χ1v) is 2.99. The molecule has 0 unspecified atom stereocenters. The Morgan fingerprint density at radius 3 is 2.40 bits per heavy atom. The highest BCUT2D eigenvalue weighted by atomic mass is 16.6. The molecule has 0 aromatic rings. The number of ether oxygens (including phenoxy) is 1. The van der Waals surface area contributed by atoms with E-state index in [0.717, 1.165) is 6.26 Å². The van der Waals surface area contributed by atoms with Crippen molar-refractivity contribution in [2.75, 3.05) is 0 Å². The van der Waals surface area contributed by atoms with Gasteiger partial charge in [0.15, 0.2) is 0 Å². The average Bonchev–Trinajstić information content (AvgIpc) is 1.59. The molecule has 0 aromatic carbocycles. The summed E-state index contributed by atoms with van der Waals surface area (Å²) in [5.74, 6) is -0.358. The van der Waals surface area contributed by atoms with Crippen LogP contribution in [0.25, 0.3) is 0 Å². The Bertz CT molecular complexity index is 147. The standard InChI is InChI=1S/C7H12O3/c1-6(9)10-7(2,3)4-5-8/h4-5,8H,1-3H3. The van der Waals surface area contributed by atoms with Crippen molar-refractivity contribution in [3.8, 4) is 0 Å². The summed E-state index contributed by atoms with van der Waals surface area (Å²) in [6.07, 6.45) is 2.26. The zero-order valence-corrected chi connectivity index (χ0v) is 6.42. The Morgan fingerprint density at radius 2 is 2.10 bits per heavy atom. The Balaban J connectivity index is 3.99. The third kappa shape index (κ3) is 3.95. The lowest BCUT2D eigenvalue weighted by Gasteiger charge is -2.18. The topological polar surface area (TPSA) is 46.5 Å². The van der Waals surface area contributed by atoms with Crippen LogP contribution in [0.4, 0.5) is 0 Å². The van der Waals surface area contributed by atoms with Crippen LogP contribution in [-0.2, 0) is 9.53 Å². The minimum Gasteiger partial charge on any atom is -0.516 e. The third-order valence-corrected chi connectivity index (χ3v) is 0.883. The Morgan fingerprint density at radius 1 is 1.60 bits per heavy atom. The molecule has 0 spiro atoms. The molecule has 0 bridgehead atoms. The second-order valence-electron chi connectivity index (χ2n) is 2.51. The Labute approximate surface area is 60.3 Å². The van der Waals surface area contributed by atoms with E-state index in [1.54, 1.807) is 13.8 Å². The van der Waals surface area contributed by atoms with Crippen molar-refractivity contribution in [2.45, 2.75) is 26.4 Å². The van der Waals surface area contributed by atoms with Gasteiger partial charge in [-0.15, -0.1) is 0 Å². The molecule has 3 nitrogen and oxygen atoms in total. The zero-order valence-electron chi connectivity index (χ0n) is 6.42. The van der Waals surface area contributed by atoms with Gasteiger partial charge in [-0.05, 0) is 19.9 Å². The molecule has 10 heavy (non-hydrogen) atoms. The van der Waals surface area contributed by atoms with Crippen LogP contribution >= 0.6 is 0 Å². The summed E-state index contributed by atoms with van der Waals surface area (Å²) >= 11 is 0. The number of esters is 1. The first kappa shape index (κ1) is 9.01. The van der Waals surface area contributed by atoms with Crippen molar-refractivity contribution < 1.29 is 14.6 Å². The van der Waals surface area contributed by atoms with Gasteiger partial charge < -0.3 is 9.84 Å². The summed E-state index contributed by atoms with van der Waals surface area (Å²) in [6.45, 7) is 4.69. The Kier molecular flexibility index (Phi) is 2.93. The molecule has 0 aliphatic heterocycles. The maximum Gasteiger partial charge on any atom is 0.303 e. The van der Waals surface area contributed by atoms with Crippen molar-refractivity contribution in [1.82, 2.24) is 0 Å². The van der Waals surface area contributed by atoms with Gasteiger partial charge in [-0.1, -0.05) is 0 Å². The largest absolute Gasteiger partial charge is 0.516 e. The zero-order chi connectivity index (χ0) is 8.20. The van der Waals surface area contributed by atoms with Gasteiger partial charge in [-0.2, -0.15) is 0 Å². The van der Waals surface area contributed by atoms with E-state index in [1.807, 2.05) is 0 Å². The summed E-state index contributed by atoms with van der Waals surface area (Å²) in [6, 6.07) is 0. The first-order valence-electron chi connectivity index (χ1n) is 2.99. The average molecular weight is 144 g/mol. The Hall–Kier alpha value is -0.990. The van der Waals surface area contributed by atoms with E-state index in [0.29, 0.717) is 0 Å². The molecule has 1 N–H and O–H groups in total. The van der Waals surface area contributed by atoms with Crippen LogP contribution in [0.3, 0.4) is 0 Å². The normalized spacial score (nSPS) is 11.9. The lowest BCUT2D eigenvalue weighted by atomic mass is 10.1. The van der Waals surface area contributed by atoms with Gasteiger partial charge in [-0.3, -0.25) is 4.79 Å². The highest BCUT2D eigenvalue weighted by molar-refractivity contribution is 5.66. The van der Waals surface area contributed by atoms with Gasteiger partial charge in [-0.25, -0.2) is 0 Å². The van der Waals surface area contributed by atoms with Crippen LogP contribution in [0.1, 0.15) is 20.8 Å². The quantitative estimate of drug-likeness (QED) is 0.470. The molecule has 0 heterocycles. The summed E-state index contributed by atoms with van der Waals surface area (Å²) in [5, 5.41) is 8.34. The first-order chi connectivity index (χ1) is 4.48.